The molecule has 1 unspecified atom stereocenters. The summed E-state index contributed by atoms with van der Waals surface area (Å²) in [5, 5.41) is 0.653. The Labute approximate surface area is 214 Å². The number of hydrogen-bond acceptors (Lipinski definition) is 6. The Hall–Kier alpha value is -2.77. The van der Waals surface area contributed by atoms with Crippen LogP contribution in [-0.2, 0) is 14.3 Å². The highest BCUT2D eigenvalue weighted by Gasteiger charge is 2.34. The number of morpholine rings is 1. The second-order valence-electron chi connectivity index (χ2n) is 7.23. The number of amides is 1. The fourth-order valence-corrected chi connectivity index (χ4v) is 3.66. The van der Waals surface area contributed by atoms with Gasteiger partial charge in [-0.05, 0) is 31.2 Å². The molecule has 1 amide bonds. The van der Waals surface area contributed by atoms with Crippen molar-refractivity contribution >= 4 is 29.0 Å². The van der Waals surface area contributed by atoms with Crippen LogP contribution in [0.25, 0.3) is 0 Å². The van der Waals surface area contributed by atoms with Gasteiger partial charge >= 0.3 is 0 Å². The largest absolute Gasteiger partial charge is 0.495 e. The lowest BCUT2D eigenvalue weighted by atomic mass is 10.1. The molecular weight excluding hydrogens is 468 g/mol. The van der Waals surface area contributed by atoms with E-state index in [1.165, 1.54) is 0 Å². The van der Waals surface area contributed by atoms with E-state index in [-0.39, 0.29) is 18.2 Å². The minimum absolute atomic E-state index is 0.0358. The molecule has 4 rings (SSSR count). The molecule has 1 saturated heterocycles. The van der Waals surface area contributed by atoms with Crippen molar-refractivity contribution in [2.75, 3.05) is 51.4 Å². The van der Waals surface area contributed by atoms with Crippen molar-refractivity contribution in [3.63, 3.8) is 0 Å². The van der Waals surface area contributed by atoms with Gasteiger partial charge in [0, 0.05) is 13.1 Å². The van der Waals surface area contributed by atoms with E-state index in [0.29, 0.717) is 43.6 Å². The van der Waals surface area contributed by atoms with Crippen LogP contribution in [0.5, 0.6) is 11.5 Å². The monoisotopic (exact) mass is 506 g/mol. The number of methoxy groups -OCH3 is 1. The summed E-state index contributed by atoms with van der Waals surface area (Å²) in [5.74, 6) is 1.40. The second-order valence-corrected chi connectivity index (χ2v) is 7.64. The normalized spacial score (nSPS) is 15.9. The average Bonchev–Trinajstić information content (AvgIpc) is 2.91. The number of carbonyl (C=O) groups is 2. The van der Waals surface area contributed by atoms with Crippen LogP contribution < -0.4 is 14.4 Å². The summed E-state index contributed by atoms with van der Waals surface area (Å²) in [5.41, 5.74) is 0.865. The number of carbonyl (C=O) groups excluding carboxylic acids is 2. The molecule has 2 aliphatic rings. The van der Waals surface area contributed by atoms with E-state index < -0.39 is 6.10 Å². The number of rotatable bonds is 4. The van der Waals surface area contributed by atoms with Crippen LogP contribution in [0.4, 0.5) is 5.69 Å². The van der Waals surface area contributed by atoms with Crippen molar-refractivity contribution in [2.45, 2.75) is 40.7 Å². The molecule has 2 heterocycles. The molecule has 194 valence electrons. The summed E-state index contributed by atoms with van der Waals surface area (Å²) in [6, 6.07) is 14.9. The van der Waals surface area contributed by atoms with Gasteiger partial charge in [0.05, 0.1) is 44.1 Å². The van der Waals surface area contributed by atoms with Gasteiger partial charge < -0.3 is 24.0 Å². The molecule has 1 fully saturated rings. The molecule has 0 radical (unpaired) electrons. The fourth-order valence-electron chi connectivity index (χ4n) is 3.45. The zero-order chi connectivity index (χ0) is 26.2. The lowest BCUT2D eigenvalue weighted by molar-refractivity contribution is -0.142. The Morgan fingerprint density at radius 2 is 1.60 bits per heavy atom. The van der Waals surface area contributed by atoms with Gasteiger partial charge in [-0.3, -0.25) is 9.59 Å². The standard InChI is InChI=1S/C16H20N2O4.C7H7ClO.2C2H6/c1-12(19)10-18-11-15(16(20)17-6-8-21-9-7-17)22-14-5-3-2-4-13(14)18;1-9-7-5-3-2-4-6(7)8;2*1-2/h2-5,15H,6-11H2,1H3;2-5H,1H3;2*1-2H3. The average molecular weight is 507 g/mol. The Morgan fingerprint density at radius 1 is 1.00 bits per heavy atom. The topological polar surface area (TPSA) is 68.3 Å². The van der Waals surface area contributed by atoms with Crippen LogP contribution >= 0.6 is 11.6 Å². The number of benzene rings is 2. The van der Waals surface area contributed by atoms with E-state index in [2.05, 4.69) is 0 Å². The Bertz CT molecular complexity index is 903. The van der Waals surface area contributed by atoms with Gasteiger partial charge in [0.2, 0.25) is 0 Å². The lowest BCUT2D eigenvalue weighted by Gasteiger charge is -2.37. The second kappa shape index (κ2) is 16.8. The van der Waals surface area contributed by atoms with Gasteiger partial charge in [0.1, 0.15) is 17.3 Å². The minimum Gasteiger partial charge on any atom is -0.495 e. The predicted octanol–water partition coefficient (Wildman–Crippen LogP) is 5.10. The third kappa shape index (κ3) is 9.42. The molecule has 0 aromatic heterocycles. The third-order valence-electron chi connectivity index (χ3n) is 4.93. The summed E-state index contributed by atoms with van der Waals surface area (Å²) in [6.45, 7) is 12.5. The summed E-state index contributed by atoms with van der Waals surface area (Å²) in [6.07, 6.45) is -0.577. The van der Waals surface area contributed by atoms with Crippen LogP contribution in [0.2, 0.25) is 5.02 Å². The predicted molar refractivity (Wildman–Crippen MR) is 142 cm³/mol. The Kier molecular flexibility index (Phi) is 14.5. The zero-order valence-electron chi connectivity index (χ0n) is 21.8. The highest BCUT2D eigenvalue weighted by Crippen LogP contribution is 2.33. The highest BCUT2D eigenvalue weighted by molar-refractivity contribution is 6.32. The van der Waals surface area contributed by atoms with Crippen LogP contribution in [0, 0.1) is 0 Å². The maximum absolute atomic E-state index is 12.6. The van der Waals surface area contributed by atoms with E-state index in [4.69, 9.17) is 25.8 Å². The Morgan fingerprint density at radius 3 is 2.17 bits per heavy atom. The van der Waals surface area contributed by atoms with Crippen molar-refractivity contribution < 1.29 is 23.8 Å². The van der Waals surface area contributed by atoms with Gasteiger partial charge in [-0.25, -0.2) is 0 Å². The molecule has 2 aliphatic heterocycles. The molecule has 2 aromatic carbocycles. The van der Waals surface area contributed by atoms with Gasteiger partial charge in [0.15, 0.2) is 6.10 Å². The molecule has 0 N–H and O–H groups in total. The maximum atomic E-state index is 12.6. The van der Waals surface area contributed by atoms with Crippen molar-refractivity contribution in [1.29, 1.82) is 0 Å². The first kappa shape index (κ1) is 30.3. The first-order valence-electron chi connectivity index (χ1n) is 12.1. The molecular formula is C27H39ClN2O5. The number of fused-ring (bicyclic) bond motifs is 1. The Balaban J connectivity index is 0.000000394. The van der Waals surface area contributed by atoms with Crippen molar-refractivity contribution in [2.24, 2.45) is 0 Å². The summed E-state index contributed by atoms with van der Waals surface area (Å²) in [7, 11) is 1.60. The lowest BCUT2D eigenvalue weighted by Crippen LogP contribution is -2.53. The van der Waals surface area contributed by atoms with E-state index in [1.807, 2.05) is 75.1 Å². The van der Waals surface area contributed by atoms with Crippen molar-refractivity contribution in [3.8, 4) is 11.5 Å². The number of Topliss-reactive ketones (excluding diaryl/α,β-unsaturated/α-hetero) is 1. The van der Waals surface area contributed by atoms with Crippen LogP contribution in [0.3, 0.4) is 0 Å². The number of halogens is 1. The van der Waals surface area contributed by atoms with E-state index in [9.17, 15) is 9.59 Å². The molecule has 35 heavy (non-hydrogen) atoms. The fraction of sp³-hybridized carbons (Fsp3) is 0.481. The van der Waals surface area contributed by atoms with Crippen LogP contribution in [-0.4, -0.2) is 69.2 Å². The number of anilines is 1. The van der Waals surface area contributed by atoms with Crippen LogP contribution in [0.15, 0.2) is 48.5 Å². The third-order valence-corrected chi connectivity index (χ3v) is 5.24. The highest BCUT2D eigenvalue weighted by atomic mass is 35.5. The van der Waals surface area contributed by atoms with Crippen molar-refractivity contribution in [3.05, 3.63) is 53.6 Å². The number of para-hydroxylation sites is 3. The van der Waals surface area contributed by atoms with Gasteiger partial charge in [-0.1, -0.05) is 63.6 Å². The number of hydrogen-bond donors (Lipinski definition) is 0. The summed E-state index contributed by atoms with van der Waals surface area (Å²) >= 11 is 5.70. The van der Waals surface area contributed by atoms with Crippen LogP contribution in [0.1, 0.15) is 34.6 Å². The number of nitrogens with zero attached hydrogens (tertiary/aromatic N) is 2. The van der Waals surface area contributed by atoms with Gasteiger partial charge in [-0.2, -0.15) is 0 Å². The quantitative estimate of drug-likeness (QED) is 0.574. The molecule has 2 aromatic rings. The molecule has 0 aliphatic carbocycles. The minimum atomic E-state index is -0.577. The molecule has 1 atom stereocenters. The maximum Gasteiger partial charge on any atom is 0.265 e. The first-order valence-corrected chi connectivity index (χ1v) is 12.5. The van der Waals surface area contributed by atoms with Gasteiger partial charge in [0.25, 0.3) is 5.91 Å². The summed E-state index contributed by atoms with van der Waals surface area (Å²) in [4.78, 5) is 27.8. The number of ketones is 1. The smallest absolute Gasteiger partial charge is 0.265 e. The van der Waals surface area contributed by atoms with E-state index in [0.717, 1.165) is 11.4 Å². The molecule has 0 saturated carbocycles. The summed E-state index contributed by atoms with van der Waals surface area (Å²) < 4.78 is 16.1. The van der Waals surface area contributed by atoms with E-state index in [1.54, 1.807) is 25.0 Å². The van der Waals surface area contributed by atoms with Crippen molar-refractivity contribution in [1.82, 2.24) is 4.90 Å². The van der Waals surface area contributed by atoms with Gasteiger partial charge in [-0.15, -0.1) is 0 Å². The SMILES string of the molecule is CC.CC.CC(=O)CN1CC(C(=O)N2CCOCC2)Oc2ccccc21.COc1ccccc1Cl. The van der Waals surface area contributed by atoms with E-state index >= 15 is 0 Å². The molecule has 0 bridgehead atoms. The molecule has 8 heteroatoms. The molecule has 0 spiro atoms. The number of ether oxygens (including phenoxy) is 3. The first-order chi connectivity index (χ1) is 17.0. The molecule has 7 nitrogen and oxygen atoms in total. The zero-order valence-corrected chi connectivity index (χ0v) is 22.5.